The third-order valence-electron chi connectivity index (χ3n) is 3.59. The Morgan fingerprint density at radius 2 is 1.70 bits per heavy atom. The number of rotatable bonds is 13. The predicted octanol–water partition coefficient (Wildman–Crippen LogP) is -3.08. The summed E-state index contributed by atoms with van der Waals surface area (Å²) >= 11 is 3.89. The van der Waals surface area contributed by atoms with Gasteiger partial charge < -0.3 is 37.6 Å². The lowest BCUT2D eigenvalue weighted by Crippen LogP contribution is -2.59. The molecule has 4 atom stereocenters. The van der Waals surface area contributed by atoms with Crippen molar-refractivity contribution in [2.24, 2.45) is 11.5 Å². The van der Waals surface area contributed by atoms with Gasteiger partial charge in [0.15, 0.2) is 0 Å². The molecule has 0 rings (SSSR count). The molecule has 0 aromatic carbocycles. The number of nitrogens with one attached hydrogen (secondary N) is 3. The third-order valence-corrected chi connectivity index (χ3v) is 3.98. The summed E-state index contributed by atoms with van der Waals surface area (Å²) in [4.78, 5) is 47.1. The number of hydrogen-bond donors (Lipinski definition) is 8. The average molecular weight is 407 g/mol. The average Bonchev–Trinajstić information content (AvgIpc) is 2.61. The van der Waals surface area contributed by atoms with Gasteiger partial charge in [0.25, 0.3) is 0 Å². The van der Waals surface area contributed by atoms with Crippen molar-refractivity contribution in [3.63, 3.8) is 0 Å². The van der Waals surface area contributed by atoms with Gasteiger partial charge in [0.1, 0.15) is 18.6 Å². The number of carbonyl (C=O) groups excluding carboxylic acids is 3. The molecule has 0 aliphatic rings. The zero-order chi connectivity index (χ0) is 21.0. The highest BCUT2D eigenvalue weighted by Gasteiger charge is 2.30. The second kappa shape index (κ2) is 13.3. The zero-order valence-corrected chi connectivity index (χ0v) is 16.1. The number of thiol groups is 1. The number of aliphatic hydroxyl groups excluding tert-OH is 1. The molecule has 0 fully saturated rings. The Hall–Kier alpha value is -1.89. The molecule has 12 heteroatoms. The van der Waals surface area contributed by atoms with Gasteiger partial charge in [0.05, 0.1) is 12.1 Å². The van der Waals surface area contributed by atoms with Crippen LogP contribution < -0.4 is 27.4 Å². The van der Waals surface area contributed by atoms with E-state index in [4.69, 9.17) is 16.6 Å². The van der Waals surface area contributed by atoms with Crippen molar-refractivity contribution in [2.75, 3.05) is 18.8 Å². The summed E-state index contributed by atoms with van der Waals surface area (Å²) < 4.78 is 0. The van der Waals surface area contributed by atoms with E-state index in [-0.39, 0.29) is 12.2 Å². The maximum atomic E-state index is 12.5. The van der Waals surface area contributed by atoms with Crippen LogP contribution in [0.15, 0.2) is 0 Å². The predicted molar refractivity (Wildman–Crippen MR) is 101 cm³/mol. The third kappa shape index (κ3) is 10.1. The monoisotopic (exact) mass is 407 g/mol. The fourth-order valence-corrected chi connectivity index (χ4v) is 2.22. The van der Waals surface area contributed by atoms with Crippen LogP contribution in [0.2, 0.25) is 0 Å². The molecule has 9 N–H and O–H groups in total. The molecule has 0 aromatic rings. The first-order chi connectivity index (χ1) is 12.6. The second-order valence-electron chi connectivity index (χ2n) is 5.97. The van der Waals surface area contributed by atoms with Gasteiger partial charge >= 0.3 is 5.97 Å². The molecule has 3 amide bonds. The summed E-state index contributed by atoms with van der Waals surface area (Å²) in [5.41, 5.74) is 10.9. The van der Waals surface area contributed by atoms with Gasteiger partial charge in [0.2, 0.25) is 17.7 Å². The Kier molecular flexibility index (Phi) is 12.4. The Labute approximate surface area is 163 Å². The van der Waals surface area contributed by atoms with Crippen LogP contribution in [0.3, 0.4) is 0 Å². The van der Waals surface area contributed by atoms with Crippen LogP contribution in [0.4, 0.5) is 0 Å². The van der Waals surface area contributed by atoms with Crippen molar-refractivity contribution < 1.29 is 29.4 Å². The lowest BCUT2D eigenvalue weighted by molar-refractivity contribution is -0.138. The van der Waals surface area contributed by atoms with Crippen LogP contribution in [0.1, 0.15) is 26.2 Å². The van der Waals surface area contributed by atoms with E-state index in [0.29, 0.717) is 19.4 Å². The van der Waals surface area contributed by atoms with Crippen LogP contribution in [0, 0.1) is 0 Å². The highest BCUT2D eigenvalue weighted by Crippen LogP contribution is 2.03. The molecule has 0 aliphatic carbocycles. The summed E-state index contributed by atoms with van der Waals surface area (Å²) in [6, 6.07) is -3.35. The maximum Gasteiger partial charge on any atom is 0.322 e. The Morgan fingerprint density at radius 1 is 1.07 bits per heavy atom. The quantitative estimate of drug-likeness (QED) is 0.116. The number of carbonyl (C=O) groups is 4. The van der Waals surface area contributed by atoms with E-state index in [0.717, 1.165) is 0 Å². The van der Waals surface area contributed by atoms with E-state index in [9.17, 15) is 24.3 Å². The highest BCUT2D eigenvalue weighted by atomic mass is 32.1. The van der Waals surface area contributed by atoms with E-state index < -0.39 is 54.5 Å². The lowest BCUT2D eigenvalue weighted by atomic mass is 10.1. The van der Waals surface area contributed by atoms with Gasteiger partial charge in [-0.3, -0.25) is 19.2 Å². The maximum absolute atomic E-state index is 12.5. The second-order valence-corrected chi connectivity index (χ2v) is 6.34. The topological polar surface area (TPSA) is 197 Å². The number of carboxylic acid groups (broad SMARTS) is 1. The molecule has 0 bridgehead atoms. The summed E-state index contributed by atoms with van der Waals surface area (Å²) in [7, 11) is 0. The molecule has 4 unspecified atom stereocenters. The van der Waals surface area contributed by atoms with Crippen molar-refractivity contribution in [3.8, 4) is 0 Å². The van der Waals surface area contributed by atoms with E-state index >= 15 is 0 Å². The normalized spacial score (nSPS) is 15.1. The highest BCUT2D eigenvalue weighted by molar-refractivity contribution is 7.80. The fraction of sp³-hybridized carbons (Fsp3) is 0.733. The van der Waals surface area contributed by atoms with Gasteiger partial charge in [-0.2, -0.15) is 12.6 Å². The molecular weight excluding hydrogens is 378 g/mol. The molecule has 0 spiro atoms. The summed E-state index contributed by atoms with van der Waals surface area (Å²) in [6.07, 6.45) is 0.0719. The van der Waals surface area contributed by atoms with Crippen LogP contribution in [0.25, 0.3) is 0 Å². The molecular formula is C15H29N5O6S. The molecule has 0 saturated heterocycles. The number of carboxylic acids is 1. The van der Waals surface area contributed by atoms with E-state index in [1.54, 1.807) is 0 Å². The number of nitrogens with two attached hydrogens (primary N) is 2. The van der Waals surface area contributed by atoms with Crippen LogP contribution >= 0.6 is 12.6 Å². The molecule has 0 aliphatic heterocycles. The molecule has 0 radical (unpaired) electrons. The summed E-state index contributed by atoms with van der Waals surface area (Å²) in [6.45, 7) is 1.09. The van der Waals surface area contributed by atoms with E-state index in [1.165, 1.54) is 6.92 Å². The van der Waals surface area contributed by atoms with Crippen molar-refractivity contribution in [2.45, 2.75) is 50.4 Å². The summed E-state index contributed by atoms with van der Waals surface area (Å²) in [5, 5.41) is 25.4. The molecule has 0 heterocycles. The molecule has 11 nitrogen and oxygen atoms in total. The fourth-order valence-electron chi connectivity index (χ4n) is 2.06. The SMILES string of the molecule is CC(O)C(NC(=O)C(N)CS)C(=O)NC(CCCCN)C(=O)NCC(=O)O. The first-order valence-corrected chi connectivity index (χ1v) is 9.12. The minimum Gasteiger partial charge on any atom is -0.480 e. The van der Waals surface area contributed by atoms with Crippen molar-refractivity contribution >= 4 is 36.3 Å². The van der Waals surface area contributed by atoms with Gasteiger partial charge in [-0.1, -0.05) is 0 Å². The van der Waals surface area contributed by atoms with Crippen molar-refractivity contribution in [1.29, 1.82) is 0 Å². The molecule has 0 saturated carbocycles. The van der Waals surface area contributed by atoms with Crippen molar-refractivity contribution in [1.82, 2.24) is 16.0 Å². The first kappa shape index (κ1) is 25.1. The molecule has 27 heavy (non-hydrogen) atoms. The number of aliphatic hydroxyl groups is 1. The zero-order valence-electron chi connectivity index (χ0n) is 15.2. The molecule has 156 valence electrons. The Morgan fingerprint density at radius 3 is 2.19 bits per heavy atom. The van der Waals surface area contributed by atoms with Crippen LogP contribution in [-0.4, -0.2) is 77.0 Å². The minimum absolute atomic E-state index is 0.0410. The number of aliphatic carboxylic acids is 1. The Balaban J connectivity index is 5.08. The minimum atomic E-state index is -1.34. The smallest absolute Gasteiger partial charge is 0.322 e. The van der Waals surface area contributed by atoms with Gasteiger partial charge in [-0.25, -0.2) is 0 Å². The van der Waals surface area contributed by atoms with Crippen LogP contribution in [0.5, 0.6) is 0 Å². The van der Waals surface area contributed by atoms with Crippen molar-refractivity contribution in [3.05, 3.63) is 0 Å². The number of amides is 3. The first-order valence-electron chi connectivity index (χ1n) is 8.48. The lowest BCUT2D eigenvalue weighted by Gasteiger charge is -2.25. The van der Waals surface area contributed by atoms with Gasteiger partial charge in [0, 0.05) is 5.75 Å². The van der Waals surface area contributed by atoms with Gasteiger partial charge in [-0.15, -0.1) is 0 Å². The van der Waals surface area contributed by atoms with Gasteiger partial charge in [-0.05, 0) is 32.7 Å². The van der Waals surface area contributed by atoms with E-state index in [2.05, 4.69) is 28.6 Å². The van der Waals surface area contributed by atoms with E-state index in [1.807, 2.05) is 0 Å². The summed E-state index contributed by atoms with van der Waals surface area (Å²) in [5.74, 6) is -3.36. The van der Waals surface area contributed by atoms with Crippen LogP contribution in [-0.2, 0) is 19.2 Å². The largest absolute Gasteiger partial charge is 0.480 e. The Bertz CT molecular complexity index is 519. The number of unbranched alkanes of at least 4 members (excludes halogenated alkanes) is 1. The molecule has 0 aromatic heterocycles. The standard InChI is InChI=1S/C15H29N5O6S/c1-8(21)12(20-13(24)9(17)7-27)15(26)19-10(4-2-3-5-16)14(25)18-6-11(22)23/h8-10,12,21,27H,2-7,16-17H2,1H3,(H,18,25)(H,19,26)(H,20,24)(H,22,23). The number of hydrogen-bond acceptors (Lipinski definition) is 8.